The lowest BCUT2D eigenvalue weighted by Crippen LogP contribution is -2.04. The lowest BCUT2D eigenvalue weighted by atomic mass is 10.1. The molecule has 0 radical (unpaired) electrons. The summed E-state index contributed by atoms with van der Waals surface area (Å²) < 4.78 is 0. The number of hydrogen-bond acceptors (Lipinski definition) is 1. The maximum absolute atomic E-state index is 9.37. The number of aliphatic hydroxyl groups is 1. The van der Waals surface area contributed by atoms with Crippen LogP contribution in [0.25, 0.3) is 0 Å². The predicted octanol–water partition coefficient (Wildman–Crippen LogP) is 3.43. The molecule has 1 aromatic rings. The maximum atomic E-state index is 9.37. The normalized spacial score (nSPS) is 12.8. The van der Waals surface area contributed by atoms with Crippen LogP contribution in [0.2, 0.25) is 5.02 Å². The zero-order chi connectivity index (χ0) is 10.4. The van der Waals surface area contributed by atoms with Gasteiger partial charge in [-0.05, 0) is 37.3 Å². The summed E-state index contributed by atoms with van der Waals surface area (Å²) in [5.74, 6) is 0. The average molecular weight is 213 g/mol. The van der Waals surface area contributed by atoms with Gasteiger partial charge in [-0.2, -0.15) is 0 Å². The molecular formula is C12H17ClO. The van der Waals surface area contributed by atoms with Crippen LogP contribution >= 0.6 is 11.6 Å². The number of aliphatic hydroxyl groups excluding tert-OH is 1. The van der Waals surface area contributed by atoms with Crippen molar-refractivity contribution in [3.05, 3.63) is 34.9 Å². The standard InChI is InChI=1S/C12H17ClO/c1-2-11(14)8-5-7-10-6-3-4-9-12(10)13/h3-4,6,9,11,14H,2,5,7-8H2,1H3. The van der Waals surface area contributed by atoms with Crippen molar-refractivity contribution in [2.24, 2.45) is 0 Å². The minimum absolute atomic E-state index is 0.155. The Bertz CT molecular complexity index is 273. The Hall–Kier alpha value is -0.530. The Morgan fingerprint density at radius 1 is 1.36 bits per heavy atom. The number of hydrogen-bond donors (Lipinski definition) is 1. The molecule has 0 aromatic heterocycles. The Morgan fingerprint density at radius 2 is 2.07 bits per heavy atom. The Kier molecular flexibility index (Phi) is 4.99. The van der Waals surface area contributed by atoms with Gasteiger partial charge in [-0.15, -0.1) is 0 Å². The van der Waals surface area contributed by atoms with Gasteiger partial charge in [0, 0.05) is 5.02 Å². The largest absolute Gasteiger partial charge is 0.393 e. The minimum Gasteiger partial charge on any atom is -0.393 e. The molecule has 78 valence electrons. The first-order valence-electron chi connectivity index (χ1n) is 5.15. The monoisotopic (exact) mass is 212 g/mol. The molecule has 0 saturated heterocycles. The molecule has 0 bridgehead atoms. The second kappa shape index (κ2) is 6.05. The van der Waals surface area contributed by atoms with Crippen LogP contribution in [-0.4, -0.2) is 11.2 Å². The first-order chi connectivity index (χ1) is 6.74. The average Bonchev–Trinajstić information content (AvgIpc) is 2.20. The molecule has 1 rings (SSSR count). The van der Waals surface area contributed by atoms with E-state index in [-0.39, 0.29) is 6.10 Å². The fraction of sp³-hybridized carbons (Fsp3) is 0.500. The first kappa shape index (κ1) is 11.5. The van der Waals surface area contributed by atoms with Gasteiger partial charge in [0.1, 0.15) is 0 Å². The van der Waals surface area contributed by atoms with Gasteiger partial charge in [0.05, 0.1) is 6.10 Å². The molecule has 0 aliphatic rings. The summed E-state index contributed by atoms with van der Waals surface area (Å²) in [5.41, 5.74) is 1.18. The van der Waals surface area contributed by atoms with Gasteiger partial charge >= 0.3 is 0 Å². The van der Waals surface area contributed by atoms with Crippen molar-refractivity contribution in [1.82, 2.24) is 0 Å². The first-order valence-corrected chi connectivity index (χ1v) is 5.53. The molecule has 0 aliphatic heterocycles. The molecule has 0 saturated carbocycles. The van der Waals surface area contributed by atoms with E-state index >= 15 is 0 Å². The van der Waals surface area contributed by atoms with Crippen molar-refractivity contribution in [3.8, 4) is 0 Å². The second-order valence-corrected chi connectivity index (χ2v) is 3.95. The molecule has 0 amide bonds. The van der Waals surface area contributed by atoms with Crippen LogP contribution < -0.4 is 0 Å². The summed E-state index contributed by atoms with van der Waals surface area (Å²) in [4.78, 5) is 0. The lowest BCUT2D eigenvalue weighted by Gasteiger charge is -2.07. The summed E-state index contributed by atoms with van der Waals surface area (Å²) in [7, 11) is 0. The Morgan fingerprint density at radius 3 is 2.71 bits per heavy atom. The molecule has 0 fully saturated rings. The molecule has 1 N–H and O–H groups in total. The topological polar surface area (TPSA) is 20.2 Å². The van der Waals surface area contributed by atoms with E-state index in [1.165, 1.54) is 5.56 Å². The lowest BCUT2D eigenvalue weighted by molar-refractivity contribution is 0.158. The van der Waals surface area contributed by atoms with E-state index in [1.807, 2.05) is 31.2 Å². The van der Waals surface area contributed by atoms with Crippen molar-refractivity contribution >= 4 is 11.6 Å². The third-order valence-corrected chi connectivity index (χ3v) is 2.78. The van der Waals surface area contributed by atoms with Gasteiger partial charge in [0.15, 0.2) is 0 Å². The second-order valence-electron chi connectivity index (χ2n) is 3.55. The molecule has 2 heteroatoms. The van der Waals surface area contributed by atoms with Gasteiger partial charge in [-0.1, -0.05) is 36.7 Å². The Labute approximate surface area is 90.7 Å². The van der Waals surface area contributed by atoms with Gasteiger partial charge in [0.25, 0.3) is 0 Å². The van der Waals surface area contributed by atoms with Crippen LogP contribution in [0.4, 0.5) is 0 Å². The number of aryl methyl sites for hydroxylation is 1. The summed E-state index contributed by atoms with van der Waals surface area (Å²) in [5, 5.41) is 10.2. The SMILES string of the molecule is CCC(O)CCCc1ccccc1Cl. The molecule has 1 aromatic carbocycles. The maximum Gasteiger partial charge on any atom is 0.0537 e. The third-order valence-electron chi connectivity index (χ3n) is 2.41. The van der Waals surface area contributed by atoms with Gasteiger partial charge in [-0.3, -0.25) is 0 Å². The molecular weight excluding hydrogens is 196 g/mol. The smallest absolute Gasteiger partial charge is 0.0537 e. The van der Waals surface area contributed by atoms with Crippen molar-refractivity contribution in [1.29, 1.82) is 0 Å². The highest BCUT2D eigenvalue weighted by atomic mass is 35.5. The van der Waals surface area contributed by atoms with Crippen LogP contribution in [0.1, 0.15) is 31.7 Å². The van der Waals surface area contributed by atoms with Crippen LogP contribution in [0.3, 0.4) is 0 Å². The molecule has 0 spiro atoms. The van der Waals surface area contributed by atoms with Gasteiger partial charge in [0.2, 0.25) is 0 Å². The van der Waals surface area contributed by atoms with Crippen molar-refractivity contribution < 1.29 is 5.11 Å². The van der Waals surface area contributed by atoms with E-state index < -0.39 is 0 Å². The van der Waals surface area contributed by atoms with Crippen molar-refractivity contribution in [2.75, 3.05) is 0 Å². The highest BCUT2D eigenvalue weighted by Gasteiger charge is 2.02. The van der Waals surface area contributed by atoms with Gasteiger partial charge in [-0.25, -0.2) is 0 Å². The predicted molar refractivity (Wildman–Crippen MR) is 60.7 cm³/mol. The molecule has 0 heterocycles. The molecule has 0 aliphatic carbocycles. The van der Waals surface area contributed by atoms with Crippen LogP contribution in [0, 0.1) is 0 Å². The zero-order valence-electron chi connectivity index (χ0n) is 8.54. The number of rotatable bonds is 5. The van der Waals surface area contributed by atoms with E-state index in [2.05, 4.69) is 0 Å². The summed E-state index contributed by atoms with van der Waals surface area (Å²) in [6, 6.07) is 7.89. The van der Waals surface area contributed by atoms with E-state index in [1.54, 1.807) is 0 Å². The van der Waals surface area contributed by atoms with Crippen LogP contribution in [0.15, 0.2) is 24.3 Å². The zero-order valence-corrected chi connectivity index (χ0v) is 9.30. The molecule has 1 nitrogen and oxygen atoms in total. The van der Waals surface area contributed by atoms with E-state index in [9.17, 15) is 5.11 Å². The summed E-state index contributed by atoms with van der Waals surface area (Å²) in [6.45, 7) is 2.00. The molecule has 1 atom stereocenters. The highest BCUT2D eigenvalue weighted by Crippen LogP contribution is 2.17. The van der Waals surface area contributed by atoms with E-state index in [4.69, 9.17) is 11.6 Å². The van der Waals surface area contributed by atoms with Crippen LogP contribution in [0.5, 0.6) is 0 Å². The van der Waals surface area contributed by atoms with Crippen molar-refractivity contribution in [2.45, 2.75) is 38.7 Å². The quantitative estimate of drug-likeness (QED) is 0.793. The fourth-order valence-corrected chi connectivity index (χ4v) is 1.66. The summed E-state index contributed by atoms with van der Waals surface area (Å²) in [6.07, 6.45) is 3.50. The van der Waals surface area contributed by atoms with Gasteiger partial charge < -0.3 is 5.11 Å². The minimum atomic E-state index is -0.155. The fourth-order valence-electron chi connectivity index (χ4n) is 1.43. The molecule has 14 heavy (non-hydrogen) atoms. The highest BCUT2D eigenvalue weighted by molar-refractivity contribution is 6.31. The number of halogens is 1. The summed E-state index contributed by atoms with van der Waals surface area (Å²) >= 11 is 6.01. The number of benzene rings is 1. The van der Waals surface area contributed by atoms with Crippen LogP contribution in [-0.2, 0) is 6.42 Å². The van der Waals surface area contributed by atoms with E-state index in [0.29, 0.717) is 0 Å². The van der Waals surface area contributed by atoms with E-state index in [0.717, 1.165) is 30.7 Å². The van der Waals surface area contributed by atoms with Crippen molar-refractivity contribution in [3.63, 3.8) is 0 Å². The molecule has 1 unspecified atom stereocenters. The third kappa shape index (κ3) is 3.69. The Balaban J connectivity index is 2.35.